The Labute approximate surface area is 110 Å². The summed E-state index contributed by atoms with van der Waals surface area (Å²) in [6.07, 6.45) is 1.04. The molecule has 1 aromatic rings. The first-order chi connectivity index (χ1) is 7.49. The van der Waals surface area contributed by atoms with Gasteiger partial charge in [-0.2, -0.15) is 0 Å². The van der Waals surface area contributed by atoms with Gasteiger partial charge in [-0.05, 0) is 31.0 Å². The summed E-state index contributed by atoms with van der Waals surface area (Å²) >= 11 is 9.12. The minimum atomic E-state index is -0.359. The van der Waals surface area contributed by atoms with Crippen molar-refractivity contribution in [2.45, 2.75) is 37.7 Å². The molecular weight excluding hydrogens is 292 g/mol. The molecule has 0 saturated heterocycles. The molecule has 1 N–H and O–H groups in total. The zero-order valence-electron chi connectivity index (χ0n) is 9.43. The molecule has 4 heteroatoms. The van der Waals surface area contributed by atoms with Crippen LogP contribution in [0, 0.1) is 5.82 Å². The van der Waals surface area contributed by atoms with Crippen LogP contribution in [-0.2, 0) is 6.54 Å². The molecule has 0 amide bonds. The topological polar surface area (TPSA) is 12.0 Å². The van der Waals surface area contributed by atoms with Crippen LogP contribution in [0.3, 0.4) is 0 Å². The SMILES string of the molecule is CC(Br)CC(C)NCc1ccc(Cl)c(F)c1. The molecule has 1 aromatic carbocycles. The molecule has 2 unspecified atom stereocenters. The van der Waals surface area contributed by atoms with Gasteiger partial charge in [-0.25, -0.2) is 4.39 Å². The second-order valence-corrected chi connectivity index (χ2v) is 6.02. The van der Waals surface area contributed by atoms with Gasteiger partial charge in [0, 0.05) is 17.4 Å². The molecule has 16 heavy (non-hydrogen) atoms. The number of alkyl halides is 1. The predicted molar refractivity (Wildman–Crippen MR) is 70.7 cm³/mol. The van der Waals surface area contributed by atoms with Gasteiger partial charge in [0.15, 0.2) is 0 Å². The van der Waals surface area contributed by atoms with Crippen molar-refractivity contribution in [3.63, 3.8) is 0 Å². The van der Waals surface area contributed by atoms with Crippen molar-refractivity contribution >= 4 is 27.5 Å². The molecule has 2 atom stereocenters. The van der Waals surface area contributed by atoms with Crippen LogP contribution in [0.2, 0.25) is 5.02 Å². The molecule has 90 valence electrons. The Morgan fingerprint density at radius 2 is 2.12 bits per heavy atom. The maximum absolute atomic E-state index is 13.1. The summed E-state index contributed by atoms with van der Waals surface area (Å²) in [4.78, 5) is 0.483. The van der Waals surface area contributed by atoms with Crippen molar-refractivity contribution in [3.05, 3.63) is 34.6 Å². The summed E-state index contributed by atoms with van der Waals surface area (Å²) in [6.45, 7) is 4.89. The molecule has 1 nitrogen and oxygen atoms in total. The summed E-state index contributed by atoms with van der Waals surface area (Å²) in [5.74, 6) is -0.359. The lowest BCUT2D eigenvalue weighted by Crippen LogP contribution is -2.27. The van der Waals surface area contributed by atoms with Gasteiger partial charge in [-0.15, -0.1) is 0 Å². The minimum Gasteiger partial charge on any atom is -0.310 e. The lowest BCUT2D eigenvalue weighted by atomic mass is 10.1. The molecular formula is C12H16BrClFN. The number of benzene rings is 1. The summed E-state index contributed by atoms with van der Waals surface area (Å²) < 4.78 is 13.1. The van der Waals surface area contributed by atoms with Crippen molar-refractivity contribution < 1.29 is 4.39 Å². The molecule has 0 aliphatic heterocycles. The average molecular weight is 309 g/mol. The molecule has 0 aliphatic carbocycles. The molecule has 0 heterocycles. The zero-order valence-corrected chi connectivity index (χ0v) is 11.8. The van der Waals surface area contributed by atoms with Gasteiger partial charge < -0.3 is 5.32 Å². The Hall–Kier alpha value is -0.120. The molecule has 0 bridgehead atoms. The number of rotatable bonds is 5. The van der Waals surface area contributed by atoms with Crippen LogP contribution < -0.4 is 5.32 Å². The zero-order chi connectivity index (χ0) is 12.1. The number of halogens is 3. The van der Waals surface area contributed by atoms with Crippen molar-refractivity contribution in [2.75, 3.05) is 0 Å². The van der Waals surface area contributed by atoms with Gasteiger partial charge in [-0.3, -0.25) is 0 Å². The first-order valence-corrected chi connectivity index (χ1v) is 6.59. The van der Waals surface area contributed by atoms with E-state index in [1.807, 2.05) is 6.07 Å². The highest BCUT2D eigenvalue weighted by atomic mass is 79.9. The monoisotopic (exact) mass is 307 g/mol. The first kappa shape index (κ1) is 13.9. The van der Waals surface area contributed by atoms with E-state index in [0.29, 0.717) is 17.4 Å². The third-order valence-electron chi connectivity index (χ3n) is 2.32. The van der Waals surface area contributed by atoms with Gasteiger partial charge in [0.1, 0.15) is 5.82 Å². The van der Waals surface area contributed by atoms with Crippen LogP contribution in [0.4, 0.5) is 4.39 Å². The minimum absolute atomic E-state index is 0.172. The van der Waals surface area contributed by atoms with E-state index in [-0.39, 0.29) is 10.8 Å². The van der Waals surface area contributed by atoms with E-state index in [4.69, 9.17) is 11.6 Å². The predicted octanol–water partition coefficient (Wildman–Crippen LogP) is 4.13. The Morgan fingerprint density at radius 1 is 1.44 bits per heavy atom. The van der Waals surface area contributed by atoms with Gasteiger partial charge in [0.05, 0.1) is 5.02 Å². The van der Waals surface area contributed by atoms with E-state index in [0.717, 1.165) is 12.0 Å². The molecule has 0 radical (unpaired) electrons. The second-order valence-electron chi connectivity index (χ2n) is 4.05. The van der Waals surface area contributed by atoms with Crippen molar-refractivity contribution in [1.29, 1.82) is 0 Å². The van der Waals surface area contributed by atoms with Gasteiger partial charge >= 0.3 is 0 Å². The van der Waals surface area contributed by atoms with Gasteiger partial charge in [-0.1, -0.05) is 40.5 Å². The highest BCUT2D eigenvalue weighted by Crippen LogP contribution is 2.15. The van der Waals surface area contributed by atoms with E-state index in [9.17, 15) is 4.39 Å². The maximum atomic E-state index is 13.1. The fourth-order valence-corrected chi connectivity index (χ4v) is 2.19. The second kappa shape index (κ2) is 6.58. The summed E-state index contributed by atoms with van der Waals surface area (Å²) in [5, 5.41) is 3.51. The fraction of sp³-hybridized carbons (Fsp3) is 0.500. The van der Waals surface area contributed by atoms with E-state index < -0.39 is 0 Å². The largest absolute Gasteiger partial charge is 0.310 e. The third-order valence-corrected chi connectivity index (χ3v) is 3.00. The molecule has 0 fully saturated rings. The van der Waals surface area contributed by atoms with Crippen LogP contribution in [0.5, 0.6) is 0 Å². The van der Waals surface area contributed by atoms with Gasteiger partial charge in [0.2, 0.25) is 0 Å². The lowest BCUT2D eigenvalue weighted by molar-refractivity contribution is 0.514. The van der Waals surface area contributed by atoms with Crippen LogP contribution in [0.25, 0.3) is 0 Å². The van der Waals surface area contributed by atoms with Crippen molar-refractivity contribution in [3.8, 4) is 0 Å². The summed E-state index contributed by atoms with van der Waals surface area (Å²) in [7, 11) is 0. The quantitative estimate of drug-likeness (QED) is 0.807. The maximum Gasteiger partial charge on any atom is 0.142 e. The Morgan fingerprint density at radius 3 is 2.69 bits per heavy atom. The third kappa shape index (κ3) is 4.81. The van der Waals surface area contributed by atoms with Crippen LogP contribution >= 0.6 is 27.5 Å². The normalized spacial score (nSPS) is 14.8. The van der Waals surface area contributed by atoms with E-state index >= 15 is 0 Å². The van der Waals surface area contributed by atoms with Crippen LogP contribution in [0.15, 0.2) is 18.2 Å². The highest BCUT2D eigenvalue weighted by molar-refractivity contribution is 9.09. The Bertz CT molecular complexity index is 344. The van der Waals surface area contributed by atoms with Crippen LogP contribution in [-0.4, -0.2) is 10.9 Å². The molecule has 0 aromatic heterocycles. The van der Waals surface area contributed by atoms with Crippen molar-refractivity contribution in [1.82, 2.24) is 5.32 Å². The number of hydrogen-bond acceptors (Lipinski definition) is 1. The van der Waals surface area contributed by atoms with E-state index in [2.05, 4.69) is 35.1 Å². The van der Waals surface area contributed by atoms with Crippen LogP contribution in [0.1, 0.15) is 25.8 Å². The standard InChI is InChI=1S/C12H16BrClFN/c1-8(13)5-9(2)16-7-10-3-4-11(14)12(15)6-10/h3-4,6,8-9,16H,5,7H2,1-2H3. The molecule has 0 spiro atoms. The lowest BCUT2D eigenvalue weighted by Gasteiger charge is -2.15. The highest BCUT2D eigenvalue weighted by Gasteiger charge is 2.06. The average Bonchev–Trinajstić information content (AvgIpc) is 2.19. The Kier molecular flexibility index (Phi) is 5.73. The molecule has 1 rings (SSSR count). The fourth-order valence-electron chi connectivity index (χ4n) is 1.51. The number of nitrogens with one attached hydrogen (secondary N) is 1. The number of hydrogen-bond donors (Lipinski definition) is 1. The summed E-state index contributed by atoms with van der Waals surface area (Å²) in [5.41, 5.74) is 0.913. The van der Waals surface area contributed by atoms with E-state index in [1.54, 1.807) is 6.07 Å². The molecule has 0 aliphatic rings. The molecule has 0 saturated carbocycles. The smallest absolute Gasteiger partial charge is 0.142 e. The Balaban J connectivity index is 2.45. The van der Waals surface area contributed by atoms with E-state index in [1.165, 1.54) is 6.07 Å². The first-order valence-electron chi connectivity index (χ1n) is 5.30. The van der Waals surface area contributed by atoms with Gasteiger partial charge in [0.25, 0.3) is 0 Å². The van der Waals surface area contributed by atoms with Crippen molar-refractivity contribution in [2.24, 2.45) is 0 Å². The summed E-state index contributed by atoms with van der Waals surface area (Å²) in [6, 6.07) is 5.29.